The summed E-state index contributed by atoms with van der Waals surface area (Å²) in [6.45, 7) is 19.1. The van der Waals surface area contributed by atoms with Crippen molar-refractivity contribution in [3.05, 3.63) is 109 Å². The van der Waals surface area contributed by atoms with Crippen molar-refractivity contribution < 1.29 is 5.11 Å². The lowest BCUT2D eigenvalue weighted by atomic mass is 10.1. The second-order valence-corrected chi connectivity index (χ2v) is 8.30. The van der Waals surface area contributed by atoms with Gasteiger partial charge < -0.3 is 10.0 Å². The van der Waals surface area contributed by atoms with Crippen LogP contribution in [0.3, 0.4) is 0 Å². The molecule has 0 unspecified atom stereocenters. The van der Waals surface area contributed by atoms with Crippen molar-refractivity contribution >= 4 is 23.1 Å². The van der Waals surface area contributed by atoms with Crippen LogP contribution in [0, 0.1) is 45.2 Å². The highest BCUT2D eigenvalue weighted by Crippen LogP contribution is 2.27. The number of hydrogen-bond acceptors (Lipinski definition) is 6. The Balaban J connectivity index is 0.000000271. The monoisotopic (exact) mass is 493 g/mol. The van der Waals surface area contributed by atoms with E-state index < -0.39 is 5.56 Å². The van der Waals surface area contributed by atoms with Crippen LogP contribution in [0.25, 0.3) is 15.8 Å². The SMILES string of the molecule is Cc1ccccc1N=Nc1c(C)c(C#N)c(O)n(C)c1=O.[C-]#[N+]C(=Cc1ccc(N(C)C)cc1C)[N+]#[C-]. The number of nitriles is 1. The lowest BCUT2D eigenvalue weighted by molar-refractivity contribution is 0.421. The highest BCUT2D eigenvalue weighted by molar-refractivity contribution is 5.63. The van der Waals surface area contributed by atoms with E-state index in [-0.39, 0.29) is 23.0 Å². The minimum absolute atomic E-state index is 0.0239. The van der Waals surface area contributed by atoms with Crippen LogP contribution in [-0.4, -0.2) is 23.8 Å². The third kappa shape index (κ3) is 6.69. The number of anilines is 1. The summed E-state index contributed by atoms with van der Waals surface area (Å²) in [5, 5.41) is 26.9. The largest absolute Gasteiger partial charge is 0.519 e. The maximum Gasteiger partial charge on any atom is 0.519 e. The zero-order chi connectivity index (χ0) is 27.7. The first-order chi connectivity index (χ1) is 17.5. The molecule has 0 aliphatic rings. The Morgan fingerprint density at radius 2 is 1.73 bits per heavy atom. The molecule has 1 heterocycles. The summed E-state index contributed by atoms with van der Waals surface area (Å²) >= 11 is 0. The number of aromatic hydroxyl groups is 1. The molecule has 0 amide bonds. The fraction of sp³-hybridized carbons (Fsp3) is 0.214. The van der Waals surface area contributed by atoms with Crippen LogP contribution in [0.5, 0.6) is 5.88 Å². The molecular weight excluding hydrogens is 466 g/mol. The van der Waals surface area contributed by atoms with Gasteiger partial charge in [-0.3, -0.25) is 9.36 Å². The molecule has 0 fully saturated rings. The van der Waals surface area contributed by atoms with E-state index in [2.05, 4.69) is 19.9 Å². The molecule has 9 nitrogen and oxygen atoms in total. The molecule has 3 aromatic rings. The first-order valence-corrected chi connectivity index (χ1v) is 11.1. The predicted molar refractivity (Wildman–Crippen MR) is 145 cm³/mol. The van der Waals surface area contributed by atoms with Gasteiger partial charge in [0, 0.05) is 38.5 Å². The highest BCUT2D eigenvalue weighted by Gasteiger charge is 2.17. The van der Waals surface area contributed by atoms with Gasteiger partial charge in [-0.2, -0.15) is 20.1 Å². The van der Waals surface area contributed by atoms with Crippen molar-refractivity contribution in [1.29, 1.82) is 5.26 Å². The van der Waals surface area contributed by atoms with Crippen molar-refractivity contribution in [2.45, 2.75) is 20.8 Å². The van der Waals surface area contributed by atoms with E-state index in [1.54, 1.807) is 19.1 Å². The van der Waals surface area contributed by atoms with E-state index in [0.29, 0.717) is 11.3 Å². The zero-order valence-electron chi connectivity index (χ0n) is 21.6. The molecule has 2 aromatic carbocycles. The number of nitrogens with zero attached hydrogens (tertiary/aromatic N) is 7. The lowest BCUT2D eigenvalue weighted by Crippen LogP contribution is -2.18. The fourth-order valence-electron chi connectivity index (χ4n) is 3.23. The number of aryl methyl sites for hydroxylation is 2. The van der Waals surface area contributed by atoms with E-state index in [0.717, 1.165) is 26.9 Å². The highest BCUT2D eigenvalue weighted by atomic mass is 16.3. The summed E-state index contributed by atoms with van der Waals surface area (Å²) < 4.78 is 0.984. The summed E-state index contributed by atoms with van der Waals surface area (Å²) in [7, 11) is 5.34. The molecule has 0 aliphatic carbocycles. The minimum atomic E-state index is -0.499. The van der Waals surface area contributed by atoms with Crippen LogP contribution in [0.1, 0.15) is 27.8 Å². The average Bonchev–Trinajstić information content (AvgIpc) is 2.88. The Kier molecular flexibility index (Phi) is 9.46. The number of pyridine rings is 1. The number of azo groups is 1. The van der Waals surface area contributed by atoms with E-state index in [9.17, 15) is 9.90 Å². The van der Waals surface area contributed by atoms with Gasteiger partial charge in [0.2, 0.25) is 5.88 Å². The van der Waals surface area contributed by atoms with E-state index in [1.165, 1.54) is 7.05 Å². The normalized spacial score (nSPS) is 9.92. The minimum Gasteiger partial charge on any atom is -0.493 e. The average molecular weight is 494 g/mol. The molecule has 0 aliphatic heterocycles. The molecule has 1 aromatic heterocycles. The summed E-state index contributed by atoms with van der Waals surface area (Å²) in [5.41, 5.74) is 4.56. The number of benzene rings is 2. The van der Waals surface area contributed by atoms with Gasteiger partial charge in [0.15, 0.2) is 5.69 Å². The van der Waals surface area contributed by atoms with Gasteiger partial charge in [-0.05, 0) is 55.7 Å². The molecule has 0 saturated carbocycles. The summed E-state index contributed by atoms with van der Waals surface area (Å²) in [6.07, 6.45) is 1.62. The van der Waals surface area contributed by atoms with Crippen LogP contribution in [-0.2, 0) is 7.05 Å². The molecule has 0 radical (unpaired) electrons. The lowest BCUT2D eigenvalue weighted by Gasteiger charge is -2.13. The first kappa shape index (κ1) is 28.0. The smallest absolute Gasteiger partial charge is 0.493 e. The standard InChI is InChI=1S/C15H14N4O2.C13H13N3/c1-9-6-4-5-7-12(9)17-18-13-10(2)11(8-16)14(20)19(3)15(13)21;1-10-8-12(16(4)5)7-6-11(10)9-13(14-2)15-3/h4-7,20H,1-3H3;6-9H,1,4-5H3. The summed E-state index contributed by atoms with van der Waals surface area (Å²) in [4.78, 5) is 20.4. The van der Waals surface area contributed by atoms with Crippen molar-refractivity contribution in [1.82, 2.24) is 4.57 Å². The molecule has 3 rings (SSSR count). The van der Waals surface area contributed by atoms with Crippen LogP contribution >= 0.6 is 0 Å². The Hall–Kier alpha value is -5.20. The first-order valence-electron chi connectivity index (χ1n) is 11.1. The Labute approximate surface area is 216 Å². The van der Waals surface area contributed by atoms with Gasteiger partial charge in [-0.25, -0.2) is 0 Å². The fourth-order valence-corrected chi connectivity index (χ4v) is 3.23. The summed E-state index contributed by atoms with van der Waals surface area (Å²) in [5.74, 6) is -0.268. The van der Waals surface area contributed by atoms with E-state index >= 15 is 0 Å². The Morgan fingerprint density at radius 3 is 2.27 bits per heavy atom. The van der Waals surface area contributed by atoms with Crippen LogP contribution in [0.4, 0.5) is 17.1 Å². The van der Waals surface area contributed by atoms with Crippen molar-refractivity contribution in [2.75, 3.05) is 19.0 Å². The van der Waals surface area contributed by atoms with Gasteiger partial charge in [-0.15, -0.1) is 5.11 Å². The maximum absolute atomic E-state index is 12.1. The number of rotatable bonds is 4. The third-order valence-electron chi connectivity index (χ3n) is 5.55. The Bertz CT molecular complexity index is 1540. The quantitative estimate of drug-likeness (QED) is 0.346. The van der Waals surface area contributed by atoms with E-state index in [4.69, 9.17) is 18.4 Å². The molecule has 0 spiro atoms. The van der Waals surface area contributed by atoms with Crippen molar-refractivity contribution in [2.24, 2.45) is 17.3 Å². The Morgan fingerprint density at radius 1 is 1.08 bits per heavy atom. The van der Waals surface area contributed by atoms with Crippen molar-refractivity contribution in [3.8, 4) is 11.9 Å². The van der Waals surface area contributed by atoms with Crippen molar-refractivity contribution in [3.63, 3.8) is 0 Å². The number of hydrogen-bond donors (Lipinski definition) is 1. The molecule has 186 valence electrons. The second-order valence-electron chi connectivity index (χ2n) is 8.30. The van der Waals surface area contributed by atoms with Gasteiger partial charge in [0.05, 0.1) is 5.69 Å². The molecule has 0 atom stereocenters. The third-order valence-corrected chi connectivity index (χ3v) is 5.55. The maximum atomic E-state index is 12.1. The second kappa shape index (κ2) is 12.5. The van der Waals surface area contributed by atoms with Crippen LogP contribution in [0.2, 0.25) is 0 Å². The molecule has 9 heteroatoms. The number of aromatic nitrogens is 1. The molecule has 1 N–H and O–H groups in total. The molecule has 0 saturated heterocycles. The predicted octanol–water partition coefficient (Wildman–Crippen LogP) is 6.19. The zero-order valence-corrected chi connectivity index (χ0v) is 21.6. The van der Waals surface area contributed by atoms with Gasteiger partial charge in [0.25, 0.3) is 5.56 Å². The van der Waals surface area contributed by atoms with Gasteiger partial charge in [0.1, 0.15) is 24.8 Å². The molecular formula is C28H27N7O2. The van der Waals surface area contributed by atoms with Crippen LogP contribution < -0.4 is 10.5 Å². The topological polar surface area (TPSA) is 103 Å². The van der Waals surface area contributed by atoms with Gasteiger partial charge >= 0.3 is 5.82 Å². The summed E-state index contributed by atoms with van der Waals surface area (Å²) in [6, 6.07) is 15.2. The molecule has 0 bridgehead atoms. The van der Waals surface area contributed by atoms with Crippen LogP contribution in [0.15, 0.2) is 63.3 Å². The molecule has 37 heavy (non-hydrogen) atoms. The van der Waals surface area contributed by atoms with E-state index in [1.807, 2.05) is 75.3 Å². The van der Waals surface area contributed by atoms with Gasteiger partial charge in [-0.1, -0.05) is 24.3 Å².